The minimum Gasteiger partial charge on any atom is -0.394 e. The molecule has 1 amide bonds. The van der Waals surface area contributed by atoms with Gasteiger partial charge in [0.2, 0.25) is 0 Å². The number of halogens is 1. The number of carbonyl (C=O) groups is 1. The third-order valence-electron chi connectivity index (χ3n) is 3.02. The van der Waals surface area contributed by atoms with Gasteiger partial charge >= 0.3 is 0 Å². The van der Waals surface area contributed by atoms with E-state index < -0.39 is 12.2 Å². The fraction of sp³-hybridized carbons (Fsp3) is 0.545. The summed E-state index contributed by atoms with van der Waals surface area (Å²) in [5, 5.41) is 9.10. The first kappa shape index (κ1) is 11.1. The van der Waals surface area contributed by atoms with Gasteiger partial charge in [-0.25, -0.2) is 4.39 Å². The molecule has 0 bridgehead atoms. The Morgan fingerprint density at radius 2 is 2.44 bits per heavy atom. The molecule has 2 N–H and O–H groups in total. The number of aromatic nitrogens is 1. The molecule has 1 aliphatic heterocycles. The van der Waals surface area contributed by atoms with Crippen molar-refractivity contribution >= 4 is 5.91 Å². The highest BCUT2D eigenvalue weighted by molar-refractivity contribution is 5.95. The van der Waals surface area contributed by atoms with Crippen molar-refractivity contribution in [1.29, 1.82) is 0 Å². The number of carbonyl (C=O) groups excluding carboxylic acids is 1. The number of H-pyrrole nitrogens is 1. The molecule has 2 atom stereocenters. The van der Waals surface area contributed by atoms with Gasteiger partial charge in [-0.1, -0.05) is 0 Å². The molecule has 1 aromatic heterocycles. The van der Waals surface area contributed by atoms with Crippen LogP contribution in [0.1, 0.15) is 22.3 Å². The quantitative estimate of drug-likeness (QED) is 0.786. The summed E-state index contributed by atoms with van der Waals surface area (Å²) in [5.74, 6) is -0.210. The van der Waals surface area contributed by atoms with Crippen molar-refractivity contribution in [3.05, 3.63) is 23.5 Å². The van der Waals surface area contributed by atoms with Crippen LogP contribution in [-0.4, -0.2) is 46.3 Å². The second kappa shape index (κ2) is 4.25. The van der Waals surface area contributed by atoms with Crippen molar-refractivity contribution in [2.45, 2.75) is 25.6 Å². The first-order valence-electron chi connectivity index (χ1n) is 5.32. The normalized spacial score (nSPS) is 25.1. The molecule has 0 unspecified atom stereocenters. The van der Waals surface area contributed by atoms with Crippen LogP contribution in [0, 0.1) is 6.92 Å². The van der Waals surface area contributed by atoms with E-state index in [-0.39, 0.29) is 25.5 Å². The number of rotatable bonds is 2. The van der Waals surface area contributed by atoms with Crippen molar-refractivity contribution in [1.82, 2.24) is 9.88 Å². The van der Waals surface area contributed by atoms with Crippen molar-refractivity contribution in [3.8, 4) is 0 Å². The lowest BCUT2D eigenvalue weighted by Gasteiger charge is -2.22. The number of hydrogen-bond donors (Lipinski definition) is 2. The number of nitrogens with zero attached hydrogens (tertiary/aromatic N) is 1. The van der Waals surface area contributed by atoms with E-state index in [1.165, 1.54) is 4.90 Å². The third kappa shape index (κ3) is 1.82. The minimum absolute atomic E-state index is 0.0781. The van der Waals surface area contributed by atoms with Gasteiger partial charge in [-0.3, -0.25) is 4.79 Å². The van der Waals surface area contributed by atoms with Crippen LogP contribution in [0.2, 0.25) is 0 Å². The van der Waals surface area contributed by atoms with Crippen LogP contribution in [-0.2, 0) is 0 Å². The molecule has 1 fully saturated rings. The summed E-state index contributed by atoms with van der Waals surface area (Å²) < 4.78 is 13.2. The van der Waals surface area contributed by atoms with Gasteiger partial charge in [0.25, 0.3) is 5.91 Å². The largest absolute Gasteiger partial charge is 0.394 e. The lowest BCUT2D eigenvalue weighted by molar-refractivity contribution is 0.0672. The summed E-state index contributed by atoms with van der Waals surface area (Å²) in [6, 6.07) is -0.392. The number of alkyl halides is 1. The molecule has 1 saturated heterocycles. The average molecular weight is 226 g/mol. The maximum absolute atomic E-state index is 13.2. The molecule has 2 heterocycles. The molecular weight excluding hydrogens is 211 g/mol. The zero-order chi connectivity index (χ0) is 11.7. The summed E-state index contributed by atoms with van der Waals surface area (Å²) in [5.41, 5.74) is 1.39. The van der Waals surface area contributed by atoms with E-state index in [0.29, 0.717) is 5.56 Å². The number of nitrogens with one attached hydrogen (secondary N) is 1. The monoisotopic (exact) mass is 226 g/mol. The minimum atomic E-state index is -1.03. The van der Waals surface area contributed by atoms with Crippen LogP contribution >= 0.6 is 0 Å². The standard InChI is InChI=1S/C11H15FN2O2/c1-7-3-13-4-10(7)11(16)14-5-8(12)2-9(14)6-15/h3-4,8-9,13,15H,2,5-6H2,1H3/t8-,9-/m0/s1. The number of likely N-dealkylation sites (tertiary alicyclic amines) is 1. The molecule has 0 saturated carbocycles. The Hall–Kier alpha value is -1.36. The van der Waals surface area contributed by atoms with Crippen molar-refractivity contribution in [3.63, 3.8) is 0 Å². The third-order valence-corrected chi connectivity index (χ3v) is 3.02. The summed E-state index contributed by atoms with van der Waals surface area (Å²) in [7, 11) is 0. The molecule has 0 radical (unpaired) electrons. The predicted molar refractivity (Wildman–Crippen MR) is 57.0 cm³/mol. The van der Waals surface area contributed by atoms with Gasteiger partial charge in [0.15, 0.2) is 0 Å². The molecule has 0 aromatic carbocycles. The maximum atomic E-state index is 13.2. The highest BCUT2D eigenvalue weighted by Crippen LogP contribution is 2.23. The Kier molecular flexibility index (Phi) is 2.96. The molecule has 2 rings (SSSR count). The Morgan fingerprint density at radius 3 is 3.00 bits per heavy atom. The van der Waals surface area contributed by atoms with E-state index in [1.54, 1.807) is 12.4 Å². The molecular formula is C11H15FN2O2. The van der Waals surface area contributed by atoms with E-state index in [2.05, 4.69) is 4.98 Å². The topological polar surface area (TPSA) is 56.3 Å². The fourth-order valence-corrected chi connectivity index (χ4v) is 2.11. The van der Waals surface area contributed by atoms with Crippen molar-refractivity contribution < 1.29 is 14.3 Å². The summed E-state index contributed by atoms with van der Waals surface area (Å²) in [6.07, 6.45) is 2.54. The lowest BCUT2D eigenvalue weighted by atomic mass is 10.1. The molecule has 16 heavy (non-hydrogen) atoms. The van der Waals surface area contributed by atoms with Gasteiger partial charge in [0.1, 0.15) is 6.17 Å². The van der Waals surface area contributed by atoms with Crippen LogP contribution in [0.5, 0.6) is 0 Å². The zero-order valence-corrected chi connectivity index (χ0v) is 9.11. The summed E-state index contributed by atoms with van der Waals surface area (Å²) in [6.45, 7) is 1.71. The van der Waals surface area contributed by atoms with E-state index >= 15 is 0 Å². The Balaban J connectivity index is 2.19. The number of aliphatic hydroxyl groups is 1. The number of aromatic amines is 1. The first-order valence-corrected chi connectivity index (χ1v) is 5.32. The first-order chi connectivity index (χ1) is 7.63. The molecule has 4 nitrogen and oxygen atoms in total. The zero-order valence-electron chi connectivity index (χ0n) is 9.11. The van der Waals surface area contributed by atoms with Crippen LogP contribution in [0.15, 0.2) is 12.4 Å². The second-order valence-corrected chi connectivity index (χ2v) is 4.18. The van der Waals surface area contributed by atoms with Gasteiger partial charge in [0.05, 0.1) is 24.8 Å². The van der Waals surface area contributed by atoms with E-state index in [4.69, 9.17) is 5.11 Å². The van der Waals surface area contributed by atoms with E-state index in [9.17, 15) is 9.18 Å². The molecule has 5 heteroatoms. The maximum Gasteiger partial charge on any atom is 0.256 e. The summed E-state index contributed by atoms with van der Waals surface area (Å²) in [4.78, 5) is 16.3. The Morgan fingerprint density at radius 1 is 1.69 bits per heavy atom. The molecule has 88 valence electrons. The highest BCUT2D eigenvalue weighted by Gasteiger charge is 2.35. The number of amides is 1. The van der Waals surface area contributed by atoms with Gasteiger partial charge < -0.3 is 15.0 Å². The lowest BCUT2D eigenvalue weighted by Crippen LogP contribution is -2.38. The Labute approximate surface area is 93.1 Å². The molecule has 0 spiro atoms. The van der Waals surface area contributed by atoms with Gasteiger partial charge in [-0.2, -0.15) is 0 Å². The van der Waals surface area contributed by atoms with Crippen molar-refractivity contribution in [2.24, 2.45) is 0 Å². The van der Waals surface area contributed by atoms with Crippen LogP contribution < -0.4 is 0 Å². The van der Waals surface area contributed by atoms with E-state index in [0.717, 1.165) is 5.56 Å². The number of aryl methyl sites for hydroxylation is 1. The van der Waals surface area contributed by atoms with Crippen LogP contribution in [0.25, 0.3) is 0 Å². The van der Waals surface area contributed by atoms with Gasteiger partial charge in [-0.15, -0.1) is 0 Å². The average Bonchev–Trinajstić information content (AvgIpc) is 2.83. The van der Waals surface area contributed by atoms with E-state index in [1.807, 2.05) is 6.92 Å². The molecule has 1 aliphatic rings. The smallest absolute Gasteiger partial charge is 0.256 e. The number of aliphatic hydroxyl groups excluding tert-OH is 1. The summed E-state index contributed by atoms with van der Waals surface area (Å²) >= 11 is 0. The molecule has 1 aromatic rings. The van der Waals surface area contributed by atoms with Gasteiger partial charge in [0, 0.05) is 18.8 Å². The highest BCUT2D eigenvalue weighted by atomic mass is 19.1. The van der Waals surface area contributed by atoms with Gasteiger partial charge in [-0.05, 0) is 12.5 Å². The SMILES string of the molecule is Cc1c[nH]cc1C(=O)N1C[C@@H](F)C[C@H]1CO. The number of hydrogen-bond acceptors (Lipinski definition) is 2. The predicted octanol–water partition coefficient (Wildman–Crippen LogP) is 0.868. The van der Waals surface area contributed by atoms with Crippen molar-refractivity contribution in [2.75, 3.05) is 13.2 Å². The fourth-order valence-electron chi connectivity index (χ4n) is 2.11. The molecule has 0 aliphatic carbocycles. The van der Waals surface area contributed by atoms with Crippen LogP contribution in [0.4, 0.5) is 4.39 Å². The Bertz CT molecular complexity index is 391. The second-order valence-electron chi connectivity index (χ2n) is 4.18. The van der Waals surface area contributed by atoms with Crippen LogP contribution in [0.3, 0.4) is 0 Å².